The number of benzene rings is 2. The van der Waals surface area contributed by atoms with E-state index in [2.05, 4.69) is 10.2 Å². The minimum atomic E-state index is -0.0324. The van der Waals surface area contributed by atoms with Gasteiger partial charge in [-0.3, -0.25) is 4.79 Å². The maximum Gasteiger partial charge on any atom is 0.264 e. The maximum atomic E-state index is 12.9. The Balaban J connectivity index is 1.74. The number of hydrogen-bond donors (Lipinski definition) is 0. The first-order chi connectivity index (χ1) is 12.6. The molecule has 26 heavy (non-hydrogen) atoms. The summed E-state index contributed by atoms with van der Waals surface area (Å²) in [4.78, 5) is 14.5. The number of likely N-dealkylation sites (N-methyl/N-ethyl adjacent to an activating group) is 1. The van der Waals surface area contributed by atoms with Gasteiger partial charge in [-0.25, -0.2) is 0 Å². The SMILES string of the molecule is Cc1nnc(-c2cc3ccccc3n2CC(=O)N(C)c2ccccc2)o1. The van der Waals surface area contributed by atoms with Crippen molar-refractivity contribution in [2.24, 2.45) is 0 Å². The standard InChI is InChI=1S/C20H18N4O2/c1-14-21-22-20(26-14)18-12-15-8-6-7-11-17(15)24(18)13-19(25)23(2)16-9-4-3-5-10-16/h3-12H,13H2,1-2H3. The molecule has 0 aliphatic heterocycles. The third-order valence-corrected chi connectivity index (χ3v) is 4.37. The second-order valence-electron chi connectivity index (χ2n) is 6.09. The zero-order valence-electron chi connectivity index (χ0n) is 14.6. The summed E-state index contributed by atoms with van der Waals surface area (Å²) in [5.74, 6) is 0.869. The van der Waals surface area contributed by atoms with Gasteiger partial charge < -0.3 is 13.9 Å². The molecule has 0 saturated heterocycles. The molecule has 2 aromatic carbocycles. The predicted molar refractivity (Wildman–Crippen MR) is 99.8 cm³/mol. The lowest BCUT2D eigenvalue weighted by Gasteiger charge is -2.18. The summed E-state index contributed by atoms with van der Waals surface area (Å²) >= 11 is 0. The van der Waals surface area contributed by atoms with Crippen molar-refractivity contribution in [2.45, 2.75) is 13.5 Å². The normalized spacial score (nSPS) is 11.0. The van der Waals surface area contributed by atoms with Crippen LogP contribution < -0.4 is 4.90 Å². The number of carbonyl (C=O) groups excluding carboxylic acids is 1. The molecule has 4 aromatic rings. The molecule has 0 radical (unpaired) electrons. The molecular formula is C20H18N4O2. The van der Waals surface area contributed by atoms with Crippen molar-refractivity contribution in [3.05, 3.63) is 66.6 Å². The van der Waals surface area contributed by atoms with E-state index >= 15 is 0 Å². The molecule has 130 valence electrons. The number of aromatic nitrogens is 3. The third-order valence-electron chi connectivity index (χ3n) is 4.37. The molecule has 0 N–H and O–H groups in total. The van der Waals surface area contributed by atoms with Gasteiger partial charge in [0.2, 0.25) is 11.8 Å². The first-order valence-corrected chi connectivity index (χ1v) is 8.34. The quantitative estimate of drug-likeness (QED) is 0.566. The summed E-state index contributed by atoms with van der Waals surface area (Å²) in [5, 5.41) is 9.05. The number of hydrogen-bond acceptors (Lipinski definition) is 4. The molecule has 1 amide bonds. The Morgan fingerprint density at radius 3 is 2.54 bits per heavy atom. The number of nitrogens with zero attached hydrogens (tertiary/aromatic N) is 4. The van der Waals surface area contributed by atoms with Gasteiger partial charge in [-0.15, -0.1) is 10.2 Å². The molecule has 0 spiro atoms. The van der Waals surface area contributed by atoms with E-state index in [0.29, 0.717) is 11.8 Å². The Bertz CT molecular complexity index is 1070. The van der Waals surface area contributed by atoms with Crippen molar-refractivity contribution in [3.8, 4) is 11.6 Å². The van der Waals surface area contributed by atoms with E-state index in [9.17, 15) is 4.79 Å². The minimum Gasteiger partial charge on any atom is -0.420 e. The molecule has 2 heterocycles. The van der Waals surface area contributed by atoms with Crippen molar-refractivity contribution in [3.63, 3.8) is 0 Å². The lowest BCUT2D eigenvalue weighted by atomic mass is 10.2. The number of fused-ring (bicyclic) bond motifs is 1. The number of carbonyl (C=O) groups is 1. The molecular weight excluding hydrogens is 328 g/mol. The average Bonchev–Trinajstić information content (AvgIpc) is 3.25. The lowest BCUT2D eigenvalue weighted by molar-refractivity contribution is -0.118. The molecule has 0 fully saturated rings. The lowest BCUT2D eigenvalue weighted by Crippen LogP contribution is -2.30. The second kappa shape index (κ2) is 6.48. The molecule has 0 unspecified atom stereocenters. The van der Waals surface area contributed by atoms with E-state index in [1.54, 1.807) is 18.9 Å². The van der Waals surface area contributed by atoms with Crippen LogP contribution in [0.15, 0.2) is 65.1 Å². The van der Waals surface area contributed by atoms with Gasteiger partial charge in [-0.2, -0.15) is 0 Å². The first kappa shape index (κ1) is 16.1. The highest BCUT2D eigenvalue weighted by atomic mass is 16.4. The summed E-state index contributed by atoms with van der Waals surface area (Å²) in [5.41, 5.74) is 2.54. The van der Waals surface area contributed by atoms with Crippen LogP contribution in [-0.4, -0.2) is 27.7 Å². The summed E-state index contributed by atoms with van der Waals surface area (Å²) in [6.07, 6.45) is 0. The fourth-order valence-electron chi connectivity index (χ4n) is 2.99. The Kier molecular flexibility index (Phi) is 4.01. The number of aryl methyl sites for hydroxylation is 1. The van der Waals surface area contributed by atoms with Crippen LogP contribution in [0.1, 0.15) is 5.89 Å². The van der Waals surface area contributed by atoms with Crippen LogP contribution in [0.3, 0.4) is 0 Å². The third kappa shape index (κ3) is 2.86. The molecule has 0 bridgehead atoms. The van der Waals surface area contributed by atoms with Crippen molar-refractivity contribution in [1.82, 2.24) is 14.8 Å². The number of rotatable bonds is 4. The van der Waals surface area contributed by atoms with E-state index in [1.165, 1.54) is 0 Å². The Morgan fingerprint density at radius 2 is 1.81 bits per heavy atom. The molecule has 0 aliphatic carbocycles. The summed E-state index contributed by atoms with van der Waals surface area (Å²) in [7, 11) is 1.78. The van der Waals surface area contributed by atoms with E-state index < -0.39 is 0 Å². The molecule has 2 aromatic heterocycles. The van der Waals surface area contributed by atoms with E-state index in [4.69, 9.17) is 4.42 Å². The topological polar surface area (TPSA) is 64.2 Å². The molecule has 6 nitrogen and oxygen atoms in total. The summed E-state index contributed by atoms with van der Waals surface area (Å²) in [6.45, 7) is 1.92. The fraction of sp³-hybridized carbons (Fsp3) is 0.150. The highest BCUT2D eigenvalue weighted by Gasteiger charge is 2.19. The Labute approximate surface area is 150 Å². The summed E-state index contributed by atoms with van der Waals surface area (Å²) in [6, 6.07) is 19.5. The van der Waals surface area contributed by atoms with Crippen molar-refractivity contribution in [2.75, 3.05) is 11.9 Å². The van der Waals surface area contributed by atoms with Crippen LogP contribution in [0.2, 0.25) is 0 Å². The Hall–Kier alpha value is -3.41. The number of amides is 1. The molecule has 0 atom stereocenters. The maximum absolute atomic E-state index is 12.9. The van der Waals surface area contributed by atoms with Gasteiger partial charge in [-0.05, 0) is 24.3 Å². The zero-order chi connectivity index (χ0) is 18.1. The number of anilines is 1. The highest BCUT2D eigenvalue weighted by Crippen LogP contribution is 2.28. The fourth-order valence-corrected chi connectivity index (χ4v) is 2.99. The van der Waals surface area contributed by atoms with Crippen LogP contribution in [0, 0.1) is 6.92 Å². The van der Waals surface area contributed by atoms with E-state index in [0.717, 1.165) is 22.3 Å². The van der Waals surface area contributed by atoms with Crippen LogP contribution in [0.25, 0.3) is 22.5 Å². The van der Waals surface area contributed by atoms with Crippen molar-refractivity contribution >= 4 is 22.5 Å². The van der Waals surface area contributed by atoms with Gasteiger partial charge in [0.1, 0.15) is 12.2 Å². The van der Waals surface area contributed by atoms with E-state index in [-0.39, 0.29) is 12.5 Å². The molecule has 6 heteroatoms. The minimum absolute atomic E-state index is 0.0324. The van der Waals surface area contributed by atoms with E-state index in [1.807, 2.05) is 65.2 Å². The predicted octanol–water partition coefficient (Wildman–Crippen LogP) is 3.66. The van der Waals surface area contributed by atoms with Gasteiger partial charge in [0.05, 0.1) is 0 Å². The largest absolute Gasteiger partial charge is 0.420 e. The smallest absolute Gasteiger partial charge is 0.264 e. The average molecular weight is 346 g/mol. The Morgan fingerprint density at radius 1 is 1.08 bits per heavy atom. The number of para-hydroxylation sites is 2. The zero-order valence-corrected chi connectivity index (χ0v) is 14.6. The van der Waals surface area contributed by atoms with Gasteiger partial charge in [0.25, 0.3) is 5.89 Å². The molecule has 0 saturated carbocycles. The van der Waals surface area contributed by atoms with Gasteiger partial charge >= 0.3 is 0 Å². The first-order valence-electron chi connectivity index (χ1n) is 8.34. The summed E-state index contributed by atoms with van der Waals surface area (Å²) < 4.78 is 7.52. The van der Waals surface area contributed by atoms with Crippen LogP contribution in [0.5, 0.6) is 0 Å². The monoisotopic (exact) mass is 346 g/mol. The molecule has 4 rings (SSSR count). The van der Waals surface area contributed by atoms with Crippen LogP contribution in [-0.2, 0) is 11.3 Å². The van der Waals surface area contributed by atoms with Crippen LogP contribution >= 0.6 is 0 Å². The highest BCUT2D eigenvalue weighted by molar-refractivity contribution is 5.95. The van der Waals surface area contributed by atoms with Crippen molar-refractivity contribution < 1.29 is 9.21 Å². The van der Waals surface area contributed by atoms with Crippen LogP contribution in [0.4, 0.5) is 5.69 Å². The molecule has 0 aliphatic rings. The van der Waals surface area contributed by atoms with Gasteiger partial charge in [-0.1, -0.05) is 36.4 Å². The van der Waals surface area contributed by atoms with Gasteiger partial charge in [0.15, 0.2) is 0 Å². The second-order valence-corrected chi connectivity index (χ2v) is 6.09. The van der Waals surface area contributed by atoms with Gasteiger partial charge in [0, 0.05) is 30.6 Å². The van der Waals surface area contributed by atoms with Crippen molar-refractivity contribution in [1.29, 1.82) is 0 Å².